The molecule has 2 atom stereocenters. The van der Waals surface area contributed by atoms with Gasteiger partial charge in [-0.05, 0) is 30.3 Å². The largest absolute Gasteiger partial charge is 0.497 e. The number of nitrogens with zero attached hydrogens (tertiary/aromatic N) is 2. The zero-order valence-corrected chi connectivity index (χ0v) is 17.7. The summed E-state index contributed by atoms with van der Waals surface area (Å²) in [6.45, 7) is 0. The molecule has 0 saturated heterocycles. The average molecular weight is 416 g/mol. The molecule has 5 rings (SSSR count). The Balaban J connectivity index is 1.62. The van der Waals surface area contributed by atoms with Gasteiger partial charge in [0.05, 0.1) is 38.6 Å². The first-order valence-corrected chi connectivity index (χ1v) is 10.2. The molecule has 0 N–H and O–H groups in total. The first kappa shape index (κ1) is 19.3. The second-order valence-electron chi connectivity index (χ2n) is 7.47. The van der Waals surface area contributed by atoms with Gasteiger partial charge in [-0.1, -0.05) is 36.4 Å². The third kappa shape index (κ3) is 3.24. The molecule has 0 amide bonds. The molecule has 0 radical (unpaired) electrons. The standard InChI is InChI=1S/C25H24N2O4/c1-28-17-9-6-8-16(14-17)20-15-21-18-10-4-5-12-22(18)31-25(27(21)26-20)19-11-7-13-23(29-2)24(19)30-3/h4-14,21,25H,15H2,1-3H3/t21-,25-/m0/s1. The van der Waals surface area contributed by atoms with Crippen molar-refractivity contribution in [1.82, 2.24) is 5.01 Å². The Kier molecular flexibility index (Phi) is 4.90. The number of benzene rings is 3. The van der Waals surface area contributed by atoms with Crippen LogP contribution in [0.5, 0.6) is 23.0 Å². The molecule has 6 nitrogen and oxygen atoms in total. The molecular weight excluding hydrogens is 392 g/mol. The Morgan fingerprint density at radius 2 is 1.68 bits per heavy atom. The maximum absolute atomic E-state index is 6.46. The van der Waals surface area contributed by atoms with Gasteiger partial charge in [0.2, 0.25) is 6.23 Å². The predicted molar refractivity (Wildman–Crippen MR) is 118 cm³/mol. The Labute approximate surface area is 181 Å². The summed E-state index contributed by atoms with van der Waals surface area (Å²) in [6.07, 6.45) is 0.337. The zero-order valence-electron chi connectivity index (χ0n) is 17.7. The second kappa shape index (κ2) is 7.87. The number of hydrogen-bond donors (Lipinski definition) is 0. The highest BCUT2D eigenvalue weighted by Crippen LogP contribution is 2.50. The Morgan fingerprint density at radius 1 is 0.871 bits per heavy atom. The van der Waals surface area contributed by atoms with Crippen LogP contribution in [-0.4, -0.2) is 32.0 Å². The van der Waals surface area contributed by atoms with Crippen LogP contribution in [0.1, 0.15) is 35.4 Å². The Bertz CT molecular complexity index is 1140. The second-order valence-corrected chi connectivity index (χ2v) is 7.47. The van der Waals surface area contributed by atoms with Crippen molar-refractivity contribution < 1.29 is 18.9 Å². The molecule has 0 spiro atoms. The lowest BCUT2D eigenvalue weighted by Crippen LogP contribution is -2.34. The van der Waals surface area contributed by atoms with Gasteiger partial charge in [-0.2, -0.15) is 5.10 Å². The van der Waals surface area contributed by atoms with Gasteiger partial charge >= 0.3 is 0 Å². The van der Waals surface area contributed by atoms with Gasteiger partial charge in [-0.15, -0.1) is 0 Å². The molecule has 158 valence electrons. The fourth-order valence-corrected chi connectivity index (χ4v) is 4.32. The van der Waals surface area contributed by atoms with Gasteiger partial charge in [0.25, 0.3) is 0 Å². The SMILES string of the molecule is COc1cccc(C2=NN3[C@@H](C2)c2ccccc2O[C@H]3c2cccc(OC)c2OC)c1. The maximum atomic E-state index is 6.46. The summed E-state index contributed by atoms with van der Waals surface area (Å²) in [5, 5.41) is 7.05. The molecule has 0 saturated carbocycles. The van der Waals surface area contributed by atoms with E-state index in [9.17, 15) is 0 Å². The quantitative estimate of drug-likeness (QED) is 0.589. The van der Waals surface area contributed by atoms with Crippen LogP contribution in [0.3, 0.4) is 0 Å². The minimum atomic E-state index is -0.437. The fourth-order valence-electron chi connectivity index (χ4n) is 4.32. The number of hydrazone groups is 1. The molecule has 0 unspecified atom stereocenters. The average Bonchev–Trinajstić information content (AvgIpc) is 3.29. The number of fused-ring (bicyclic) bond motifs is 3. The van der Waals surface area contributed by atoms with E-state index >= 15 is 0 Å². The van der Waals surface area contributed by atoms with Gasteiger partial charge in [-0.3, -0.25) is 0 Å². The van der Waals surface area contributed by atoms with Crippen molar-refractivity contribution in [1.29, 1.82) is 0 Å². The first-order chi connectivity index (χ1) is 15.2. The summed E-state index contributed by atoms with van der Waals surface area (Å²) in [5.41, 5.74) is 4.04. The van der Waals surface area contributed by atoms with Crippen LogP contribution in [0.25, 0.3) is 0 Å². The molecule has 3 aromatic carbocycles. The van der Waals surface area contributed by atoms with Crippen molar-refractivity contribution in [2.75, 3.05) is 21.3 Å². The molecule has 0 aromatic heterocycles. The van der Waals surface area contributed by atoms with E-state index in [4.69, 9.17) is 24.0 Å². The molecule has 0 aliphatic carbocycles. The Morgan fingerprint density at radius 3 is 2.48 bits per heavy atom. The number of ether oxygens (including phenoxy) is 4. The van der Waals surface area contributed by atoms with Crippen LogP contribution >= 0.6 is 0 Å². The topological polar surface area (TPSA) is 52.5 Å². The van der Waals surface area contributed by atoms with Gasteiger partial charge in [0.1, 0.15) is 11.5 Å². The number of hydrogen-bond acceptors (Lipinski definition) is 6. The summed E-state index contributed by atoms with van der Waals surface area (Å²) in [6, 6.07) is 22.0. The normalized spacial score (nSPS) is 19.1. The fraction of sp³-hybridized carbons (Fsp3) is 0.240. The smallest absolute Gasteiger partial charge is 0.217 e. The third-order valence-corrected chi connectivity index (χ3v) is 5.80. The highest BCUT2D eigenvalue weighted by molar-refractivity contribution is 6.02. The van der Waals surface area contributed by atoms with Crippen molar-refractivity contribution >= 4 is 5.71 Å². The van der Waals surface area contributed by atoms with E-state index in [1.54, 1.807) is 21.3 Å². The van der Waals surface area contributed by atoms with Crippen molar-refractivity contribution in [3.8, 4) is 23.0 Å². The third-order valence-electron chi connectivity index (χ3n) is 5.80. The molecule has 2 heterocycles. The van der Waals surface area contributed by atoms with Crippen LogP contribution < -0.4 is 18.9 Å². The van der Waals surface area contributed by atoms with Crippen molar-refractivity contribution in [3.63, 3.8) is 0 Å². The minimum absolute atomic E-state index is 0.0621. The number of para-hydroxylation sites is 2. The zero-order chi connectivity index (χ0) is 21.4. The summed E-state index contributed by atoms with van der Waals surface area (Å²) >= 11 is 0. The molecule has 31 heavy (non-hydrogen) atoms. The molecule has 6 heteroatoms. The number of methoxy groups -OCH3 is 3. The van der Waals surface area contributed by atoms with Crippen LogP contribution in [-0.2, 0) is 0 Å². The van der Waals surface area contributed by atoms with E-state index in [1.807, 2.05) is 59.6 Å². The molecule has 3 aromatic rings. The molecule has 0 bridgehead atoms. The number of rotatable bonds is 5. The molecule has 2 aliphatic rings. The summed E-state index contributed by atoms with van der Waals surface area (Å²) in [4.78, 5) is 0. The monoisotopic (exact) mass is 416 g/mol. The van der Waals surface area contributed by atoms with E-state index in [1.165, 1.54) is 0 Å². The van der Waals surface area contributed by atoms with Crippen LogP contribution in [0.2, 0.25) is 0 Å². The van der Waals surface area contributed by atoms with E-state index in [0.29, 0.717) is 11.5 Å². The van der Waals surface area contributed by atoms with E-state index in [-0.39, 0.29) is 6.04 Å². The van der Waals surface area contributed by atoms with Crippen LogP contribution in [0.4, 0.5) is 0 Å². The van der Waals surface area contributed by atoms with Crippen molar-refractivity contribution in [2.24, 2.45) is 5.10 Å². The lowest BCUT2D eigenvalue weighted by molar-refractivity contribution is -0.0205. The summed E-state index contributed by atoms with van der Waals surface area (Å²) in [7, 11) is 4.95. The lowest BCUT2D eigenvalue weighted by atomic mass is 9.95. The van der Waals surface area contributed by atoms with E-state index < -0.39 is 6.23 Å². The lowest BCUT2D eigenvalue weighted by Gasteiger charge is -2.38. The van der Waals surface area contributed by atoms with Gasteiger partial charge in [0, 0.05) is 17.5 Å². The predicted octanol–water partition coefficient (Wildman–Crippen LogP) is 4.95. The minimum Gasteiger partial charge on any atom is -0.497 e. The molecule has 0 fully saturated rings. The van der Waals surface area contributed by atoms with Gasteiger partial charge in [0.15, 0.2) is 11.5 Å². The van der Waals surface area contributed by atoms with Crippen LogP contribution in [0.15, 0.2) is 71.8 Å². The summed E-state index contributed by atoms with van der Waals surface area (Å²) in [5.74, 6) is 2.99. The van der Waals surface area contributed by atoms with Crippen molar-refractivity contribution in [2.45, 2.75) is 18.7 Å². The molecule has 2 aliphatic heterocycles. The first-order valence-electron chi connectivity index (χ1n) is 10.2. The van der Waals surface area contributed by atoms with E-state index in [2.05, 4.69) is 12.1 Å². The summed E-state index contributed by atoms with van der Waals surface area (Å²) < 4.78 is 23.1. The highest BCUT2D eigenvalue weighted by Gasteiger charge is 2.42. The maximum Gasteiger partial charge on any atom is 0.217 e. The van der Waals surface area contributed by atoms with E-state index in [0.717, 1.165) is 40.3 Å². The highest BCUT2D eigenvalue weighted by atomic mass is 16.5. The van der Waals surface area contributed by atoms with Gasteiger partial charge in [-0.25, -0.2) is 5.01 Å². The van der Waals surface area contributed by atoms with Gasteiger partial charge < -0.3 is 18.9 Å². The Hall–Kier alpha value is -3.67. The van der Waals surface area contributed by atoms with Crippen molar-refractivity contribution in [3.05, 3.63) is 83.4 Å². The van der Waals surface area contributed by atoms with Crippen LogP contribution in [0, 0.1) is 0 Å². The molecular formula is C25H24N2O4.